The normalized spacial score (nSPS) is 11.8. The Bertz CT molecular complexity index is 750. The number of nitrogens with one attached hydrogen (secondary N) is 2. The van der Waals surface area contributed by atoms with Gasteiger partial charge in [-0.15, -0.1) is 0 Å². The molecule has 0 saturated carbocycles. The quantitative estimate of drug-likeness (QED) is 0.520. The van der Waals surface area contributed by atoms with Crippen LogP contribution in [0, 0.1) is 5.92 Å². The van der Waals surface area contributed by atoms with E-state index in [2.05, 4.69) is 24.5 Å². The zero-order chi connectivity index (χ0) is 21.1. The van der Waals surface area contributed by atoms with Crippen molar-refractivity contribution in [3.63, 3.8) is 0 Å². The minimum absolute atomic E-state index is 0.244. The number of urea groups is 1. The summed E-state index contributed by atoms with van der Waals surface area (Å²) < 4.78 is 16.5. The average Bonchev–Trinajstić information content (AvgIpc) is 2.71. The largest absolute Gasteiger partial charge is 0.493 e. The molecule has 2 N–H and O–H groups in total. The summed E-state index contributed by atoms with van der Waals surface area (Å²) in [6.07, 6.45) is 2.07. The molecule has 158 valence electrons. The van der Waals surface area contributed by atoms with Crippen LogP contribution in [0.1, 0.15) is 38.3 Å². The molecular weight excluding hydrogens is 368 g/mol. The van der Waals surface area contributed by atoms with Crippen LogP contribution in [0.5, 0.6) is 11.5 Å². The van der Waals surface area contributed by atoms with Crippen LogP contribution in [-0.4, -0.2) is 33.5 Å². The van der Waals surface area contributed by atoms with Crippen molar-refractivity contribution in [1.29, 1.82) is 0 Å². The molecular formula is C23H32N2O4. The number of hydrogen-bond acceptors (Lipinski definition) is 4. The van der Waals surface area contributed by atoms with E-state index >= 15 is 0 Å². The third-order valence-electron chi connectivity index (χ3n) is 4.45. The number of hydrogen-bond donors (Lipinski definition) is 2. The van der Waals surface area contributed by atoms with Gasteiger partial charge in [-0.1, -0.05) is 44.2 Å². The van der Waals surface area contributed by atoms with E-state index in [1.54, 1.807) is 32.4 Å². The second kappa shape index (κ2) is 12.0. The van der Waals surface area contributed by atoms with Gasteiger partial charge in [0.2, 0.25) is 0 Å². The minimum Gasteiger partial charge on any atom is -0.493 e. The Labute approximate surface area is 173 Å². The Balaban J connectivity index is 2.00. The van der Waals surface area contributed by atoms with Crippen molar-refractivity contribution in [2.24, 2.45) is 5.92 Å². The predicted molar refractivity (Wildman–Crippen MR) is 116 cm³/mol. The Kier molecular flexibility index (Phi) is 9.31. The maximum absolute atomic E-state index is 12.5. The highest BCUT2D eigenvalue weighted by molar-refractivity contribution is 5.90. The second-order valence-corrected chi connectivity index (χ2v) is 7.27. The molecule has 1 atom stereocenters. The third kappa shape index (κ3) is 7.66. The van der Waals surface area contributed by atoms with Gasteiger partial charge in [-0.25, -0.2) is 4.79 Å². The maximum atomic E-state index is 12.5. The predicted octanol–water partition coefficient (Wildman–Crippen LogP) is 5.02. The number of carbonyl (C=O) groups excluding carboxylic acids is 1. The van der Waals surface area contributed by atoms with E-state index in [0.717, 1.165) is 18.4 Å². The molecule has 0 saturated heterocycles. The molecule has 0 fully saturated rings. The van der Waals surface area contributed by atoms with Gasteiger partial charge in [0.05, 0.1) is 26.4 Å². The fourth-order valence-electron chi connectivity index (χ4n) is 2.94. The highest BCUT2D eigenvalue weighted by Gasteiger charge is 2.15. The molecule has 6 nitrogen and oxygen atoms in total. The van der Waals surface area contributed by atoms with Crippen LogP contribution in [0.15, 0.2) is 48.5 Å². The summed E-state index contributed by atoms with van der Waals surface area (Å²) in [5.74, 6) is 1.90. The lowest BCUT2D eigenvalue weighted by atomic mass is 10.1. The van der Waals surface area contributed by atoms with Crippen LogP contribution in [-0.2, 0) is 4.74 Å². The van der Waals surface area contributed by atoms with E-state index in [9.17, 15) is 4.79 Å². The van der Waals surface area contributed by atoms with Crippen molar-refractivity contribution in [2.75, 3.05) is 32.8 Å². The maximum Gasteiger partial charge on any atom is 0.319 e. The fourth-order valence-corrected chi connectivity index (χ4v) is 2.94. The van der Waals surface area contributed by atoms with Crippen LogP contribution in [0.25, 0.3) is 0 Å². The van der Waals surface area contributed by atoms with Crippen LogP contribution in [0.3, 0.4) is 0 Å². The molecule has 2 amide bonds. The number of benzene rings is 2. The molecule has 0 spiro atoms. The van der Waals surface area contributed by atoms with Gasteiger partial charge in [-0.3, -0.25) is 0 Å². The first-order valence-electron chi connectivity index (χ1n) is 9.95. The zero-order valence-electron chi connectivity index (χ0n) is 17.7. The van der Waals surface area contributed by atoms with Gasteiger partial charge < -0.3 is 24.8 Å². The van der Waals surface area contributed by atoms with Crippen molar-refractivity contribution >= 4 is 11.7 Å². The van der Waals surface area contributed by atoms with Gasteiger partial charge >= 0.3 is 6.03 Å². The van der Waals surface area contributed by atoms with Gasteiger partial charge in [0.25, 0.3) is 0 Å². The number of rotatable bonds is 11. The number of ether oxygens (including phenoxy) is 3. The van der Waals surface area contributed by atoms with E-state index in [0.29, 0.717) is 36.3 Å². The standard InChI is InChI=1S/C23H32N2O4/c1-17(2)9-8-14-29-22-15-19(12-13-21(22)28-4)24-23(26)25-20(16-27-3)18-10-6-5-7-11-18/h5-7,10-13,15,17,20H,8-9,14,16H2,1-4H3,(H2,24,25,26)/t20-/m0/s1. The molecule has 0 aliphatic carbocycles. The summed E-state index contributed by atoms with van der Waals surface area (Å²) in [6, 6.07) is 14.5. The molecule has 2 rings (SSSR count). The Hall–Kier alpha value is -2.73. The number of anilines is 1. The van der Waals surface area contributed by atoms with E-state index < -0.39 is 0 Å². The lowest BCUT2D eigenvalue weighted by Crippen LogP contribution is -2.34. The molecule has 0 bridgehead atoms. The van der Waals surface area contributed by atoms with Gasteiger partial charge in [0.15, 0.2) is 11.5 Å². The minimum atomic E-state index is -0.313. The summed E-state index contributed by atoms with van der Waals surface area (Å²) in [5.41, 5.74) is 1.61. The Morgan fingerprint density at radius 1 is 1.03 bits per heavy atom. The molecule has 2 aromatic rings. The fraction of sp³-hybridized carbons (Fsp3) is 0.435. The van der Waals surface area contributed by atoms with Gasteiger partial charge in [0.1, 0.15) is 0 Å². The van der Waals surface area contributed by atoms with Crippen LogP contribution < -0.4 is 20.1 Å². The Morgan fingerprint density at radius 3 is 2.45 bits per heavy atom. The van der Waals surface area contributed by atoms with Gasteiger partial charge in [-0.05, 0) is 36.5 Å². The summed E-state index contributed by atoms with van der Waals surface area (Å²) in [4.78, 5) is 12.5. The summed E-state index contributed by atoms with van der Waals surface area (Å²) in [6.45, 7) is 5.37. The monoisotopic (exact) mass is 400 g/mol. The molecule has 0 aliphatic rings. The highest BCUT2D eigenvalue weighted by atomic mass is 16.5. The summed E-state index contributed by atoms with van der Waals surface area (Å²) >= 11 is 0. The third-order valence-corrected chi connectivity index (χ3v) is 4.45. The second-order valence-electron chi connectivity index (χ2n) is 7.27. The average molecular weight is 401 g/mol. The molecule has 6 heteroatoms. The van der Waals surface area contributed by atoms with Crippen LogP contribution in [0.2, 0.25) is 0 Å². The van der Waals surface area contributed by atoms with Gasteiger partial charge in [-0.2, -0.15) is 0 Å². The van der Waals surface area contributed by atoms with Crippen molar-refractivity contribution in [1.82, 2.24) is 5.32 Å². The molecule has 0 unspecified atom stereocenters. The number of methoxy groups -OCH3 is 2. The molecule has 0 heterocycles. The van der Waals surface area contributed by atoms with Crippen molar-refractivity contribution in [2.45, 2.75) is 32.7 Å². The molecule has 29 heavy (non-hydrogen) atoms. The van der Waals surface area contributed by atoms with E-state index in [1.807, 2.05) is 30.3 Å². The highest BCUT2D eigenvalue weighted by Crippen LogP contribution is 2.30. The van der Waals surface area contributed by atoms with Crippen molar-refractivity contribution < 1.29 is 19.0 Å². The topological polar surface area (TPSA) is 68.8 Å². The molecule has 0 radical (unpaired) electrons. The first-order chi connectivity index (χ1) is 14.0. The van der Waals surface area contributed by atoms with E-state index in [1.165, 1.54) is 0 Å². The number of amides is 2. The molecule has 2 aromatic carbocycles. The van der Waals surface area contributed by atoms with Gasteiger partial charge in [0, 0.05) is 18.9 Å². The van der Waals surface area contributed by atoms with Crippen LogP contribution >= 0.6 is 0 Å². The SMILES string of the molecule is COC[C@H](NC(=O)Nc1ccc(OC)c(OCCCC(C)C)c1)c1ccccc1. The first kappa shape index (κ1) is 22.6. The smallest absolute Gasteiger partial charge is 0.319 e. The van der Waals surface area contributed by atoms with Crippen LogP contribution in [0.4, 0.5) is 10.5 Å². The van der Waals surface area contributed by atoms with E-state index in [-0.39, 0.29) is 12.1 Å². The number of carbonyl (C=O) groups is 1. The lowest BCUT2D eigenvalue weighted by Gasteiger charge is -2.19. The molecule has 0 aliphatic heterocycles. The zero-order valence-corrected chi connectivity index (χ0v) is 17.7. The van der Waals surface area contributed by atoms with Crippen molar-refractivity contribution in [3.05, 3.63) is 54.1 Å². The molecule has 0 aromatic heterocycles. The first-order valence-corrected chi connectivity index (χ1v) is 9.95. The Morgan fingerprint density at radius 2 is 1.79 bits per heavy atom. The summed E-state index contributed by atoms with van der Waals surface area (Å²) in [7, 11) is 3.22. The lowest BCUT2D eigenvalue weighted by molar-refractivity contribution is 0.168. The van der Waals surface area contributed by atoms with Crippen molar-refractivity contribution in [3.8, 4) is 11.5 Å². The van der Waals surface area contributed by atoms with E-state index in [4.69, 9.17) is 14.2 Å². The summed E-state index contributed by atoms with van der Waals surface area (Å²) in [5, 5.41) is 5.81.